The normalized spacial score (nSPS) is 11.6. The Hall–Kier alpha value is -10.6. The van der Waals surface area contributed by atoms with Crippen LogP contribution in [0.25, 0.3) is 136 Å². The first-order chi connectivity index (χ1) is 35.6. The van der Waals surface area contributed by atoms with Crippen molar-refractivity contribution >= 4 is 104 Å². The Morgan fingerprint density at radius 1 is 0.333 bits per heavy atom. The highest BCUT2D eigenvalue weighted by Crippen LogP contribution is 2.51. The van der Waals surface area contributed by atoms with Crippen molar-refractivity contribution in [2.75, 3.05) is 0 Å². The molecule has 0 atom stereocenters. The van der Waals surface area contributed by atoms with E-state index < -0.39 is 0 Å². The predicted molar refractivity (Wildman–Crippen MR) is 293 cm³/mol. The molecule has 14 aromatic rings. The molecular formula is C64H34N8. The van der Waals surface area contributed by atoms with E-state index in [2.05, 4.69) is 154 Å². The Labute approximate surface area is 412 Å². The van der Waals surface area contributed by atoms with E-state index in [4.69, 9.17) is 19.7 Å². The fraction of sp³-hybridized carbons (Fsp3) is 0. The van der Waals surface area contributed by atoms with Gasteiger partial charge >= 0.3 is 0 Å². The van der Waals surface area contributed by atoms with E-state index in [1.807, 2.05) is 91.0 Å². The summed E-state index contributed by atoms with van der Waals surface area (Å²) >= 11 is 0. The number of nitriles is 1. The van der Waals surface area contributed by atoms with Crippen molar-refractivity contribution in [3.05, 3.63) is 246 Å². The van der Waals surface area contributed by atoms with Crippen LogP contribution in [0.5, 0.6) is 0 Å². The monoisotopic (exact) mass is 914 g/mol. The average molecular weight is 915 g/mol. The first-order valence-corrected chi connectivity index (χ1v) is 23.5. The Bertz CT molecular complexity index is 4710. The van der Waals surface area contributed by atoms with Crippen molar-refractivity contribution in [1.82, 2.24) is 18.3 Å². The molecule has 0 fully saturated rings. The summed E-state index contributed by atoms with van der Waals surface area (Å²) in [4.78, 5) is 12.3. The zero-order chi connectivity index (χ0) is 48.2. The zero-order valence-electron chi connectivity index (χ0n) is 38.2. The van der Waals surface area contributed by atoms with Gasteiger partial charge in [0.15, 0.2) is 5.69 Å². The topological polar surface area (TPSA) is 56.6 Å². The third-order valence-electron chi connectivity index (χ3n) is 14.4. The zero-order valence-corrected chi connectivity index (χ0v) is 38.2. The number of hydrogen-bond donors (Lipinski definition) is 0. The second-order valence-electron chi connectivity index (χ2n) is 18.0. The maximum Gasteiger partial charge on any atom is 0.218 e. The fourth-order valence-corrected chi connectivity index (χ4v) is 11.5. The van der Waals surface area contributed by atoms with Crippen LogP contribution < -0.4 is 0 Å². The standard InChI is InChI=1S/C64H34N8/c1-66-49-36-60(59(35-40(49)38-65)69-51-25-11-4-18-41(51)42-19-5-12-26-52(42)69)70-55-29-15-10-24-47(55)48-34-39(32-33-58(48)70)62-61(71-53-27-13-6-20-43(53)44-21-7-14-28-54(44)71)37-50(67-2)63(68-3)64(62)72-56-30-16-8-22-45(56)46-23-9-17-31-57(46)72/h4-37H. The van der Waals surface area contributed by atoms with Gasteiger partial charge in [0.05, 0.1) is 92.5 Å². The Kier molecular flexibility index (Phi) is 8.67. The van der Waals surface area contributed by atoms with Crippen molar-refractivity contribution in [1.29, 1.82) is 5.26 Å². The molecule has 0 spiro atoms. The molecule has 0 aliphatic carbocycles. The van der Waals surface area contributed by atoms with Gasteiger partial charge in [-0.05, 0) is 78.4 Å². The van der Waals surface area contributed by atoms with E-state index in [0.717, 1.165) is 115 Å². The molecule has 0 amide bonds. The van der Waals surface area contributed by atoms with Gasteiger partial charge in [-0.15, -0.1) is 0 Å². The molecule has 4 aromatic heterocycles. The summed E-state index contributed by atoms with van der Waals surface area (Å²) in [6, 6.07) is 72.7. The first-order valence-electron chi connectivity index (χ1n) is 23.5. The van der Waals surface area contributed by atoms with Crippen molar-refractivity contribution in [2.45, 2.75) is 0 Å². The fourth-order valence-electron chi connectivity index (χ4n) is 11.5. The molecule has 8 heteroatoms. The minimum Gasteiger partial charge on any atom is -0.320 e. The molecular weight excluding hydrogens is 881 g/mol. The molecule has 8 nitrogen and oxygen atoms in total. The molecule has 0 aliphatic heterocycles. The maximum absolute atomic E-state index is 10.5. The predicted octanol–water partition coefficient (Wildman–Crippen LogP) is 17.3. The van der Waals surface area contributed by atoms with Crippen LogP contribution in [-0.4, -0.2) is 18.3 Å². The number of fused-ring (bicyclic) bond motifs is 12. The largest absolute Gasteiger partial charge is 0.320 e. The quantitative estimate of drug-likeness (QED) is 0.159. The van der Waals surface area contributed by atoms with Gasteiger partial charge in [0.2, 0.25) is 11.4 Å². The third kappa shape index (κ3) is 5.52. The number of nitrogens with zero attached hydrogens (tertiary/aromatic N) is 8. The van der Waals surface area contributed by atoms with Gasteiger partial charge in [0.1, 0.15) is 0 Å². The molecule has 0 saturated heterocycles. The van der Waals surface area contributed by atoms with Gasteiger partial charge in [-0.1, -0.05) is 133 Å². The van der Waals surface area contributed by atoms with Gasteiger partial charge in [-0.25, -0.2) is 14.5 Å². The van der Waals surface area contributed by atoms with Gasteiger partial charge in [-0.3, -0.25) is 0 Å². The SMILES string of the molecule is [C-]#[N+]c1cc(-n2c3ccccc3c3cc(-c4c(-n5c6ccccc6c6ccccc65)cc([N+]#[C-])c([N+]#[C-])c4-n4c5ccccc5c5ccccc54)ccc32)c(-n2c3ccccc3c3ccccc32)cc1C#N. The van der Waals surface area contributed by atoms with Crippen LogP contribution in [0.1, 0.15) is 5.56 Å². The Morgan fingerprint density at radius 2 is 0.681 bits per heavy atom. The van der Waals surface area contributed by atoms with E-state index in [9.17, 15) is 5.26 Å². The third-order valence-corrected chi connectivity index (χ3v) is 14.4. The van der Waals surface area contributed by atoms with Crippen LogP contribution >= 0.6 is 0 Å². The molecule has 0 saturated carbocycles. The van der Waals surface area contributed by atoms with Crippen LogP contribution in [0.4, 0.5) is 17.1 Å². The smallest absolute Gasteiger partial charge is 0.218 e. The summed E-state index contributed by atoms with van der Waals surface area (Å²) < 4.78 is 8.88. The summed E-state index contributed by atoms with van der Waals surface area (Å²) in [7, 11) is 0. The van der Waals surface area contributed by atoms with Crippen molar-refractivity contribution < 1.29 is 0 Å². The van der Waals surface area contributed by atoms with Crippen LogP contribution in [0.2, 0.25) is 0 Å². The highest BCUT2D eigenvalue weighted by atomic mass is 15.1. The summed E-state index contributed by atoms with van der Waals surface area (Å²) in [6.07, 6.45) is 0. The molecule has 330 valence electrons. The van der Waals surface area contributed by atoms with Crippen molar-refractivity contribution in [3.8, 4) is 39.9 Å². The minimum absolute atomic E-state index is 0.258. The van der Waals surface area contributed by atoms with Gasteiger partial charge in [0, 0.05) is 54.3 Å². The highest BCUT2D eigenvalue weighted by molar-refractivity contribution is 6.16. The van der Waals surface area contributed by atoms with Crippen molar-refractivity contribution in [3.63, 3.8) is 0 Å². The van der Waals surface area contributed by atoms with Crippen molar-refractivity contribution in [2.24, 2.45) is 0 Å². The van der Waals surface area contributed by atoms with Gasteiger partial charge in [-0.2, -0.15) is 5.26 Å². The molecule has 0 N–H and O–H groups in total. The Balaban J connectivity index is 1.14. The average Bonchev–Trinajstić information content (AvgIpc) is 4.17. The van der Waals surface area contributed by atoms with Crippen LogP contribution in [0.15, 0.2) is 206 Å². The first kappa shape index (κ1) is 40.4. The van der Waals surface area contributed by atoms with Gasteiger partial charge in [0.25, 0.3) is 0 Å². The lowest BCUT2D eigenvalue weighted by Gasteiger charge is -2.23. The lowest BCUT2D eigenvalue weighted by molar-refractivity contribution is 1.09. The molecule has 14 rings (SSSR count). The number of hydrogen-bond acceptors (Lipinski definition) is 1. The second kappa shape index (κ2) is 15.4. The Morgan fingerprint density at radius 3 is 1.08 bits per heavy atom. The second-order valence-corrected chi connectivity index (χ2v) is 18.0. The van der Waals surface area contributed by atoms with Crippen LogP contribution in [-0.2, 0) is 0 Å². The van der Waals surface area contributed by atoms with E-state index in [0.29, 0.717) is 11.3 Å². The number of benzene rings is 10. The summed E-state index contributed by atoms with van der Waals surface area (Å²) in [6.45, 7) is 25.9. The molecule has 4 heterocycles. The number of para-hydroxylation sites is 7. The molecule has 72 heavy (non-hydrogen) atoms. The molecule has 0 unspecified atom stereocenters. The summed E-state index contributed by atoms with van der Waals surface area (Å²) in [5, 5.41) is 18.9. The molecule has 10 aromatic carbocycles. The number of aromatic nitrogens is 4. The lowest BCUT2D eigenvalue weighted by Crippen LogP contribution is -2.05. The minimum atomic E-state index is 0.258. The highest BCUT2D eigenvalue weighted by Gasteiger charge is 2.28. The number of rotatable bonds is 5. The van der Waals surface area contributed by atoms with E-state index in [1.54, 1.807) is 0 Å². The van der Waals surface area contributed by atoms with E-state index in [1.165, 1.54) is 0 Å². The molecule has 0 bridgehead atoms. The molecule has 0 aliphatic rings. The lowest BCUT2D eigenvalue weighted by atomic mass is 9.96. The van der Waals surface area contributed by atoms with Crippen LogP contribution in [0.3, 0.4) is 0 Å². The van der Waals surface area contributed by atoms with Crippen LogP contribution in [0, 0.1) is 31.0 Å². The summed E-state index contributed by atoms with van der Waals surface area (Å²) in [5.74, 6) is 0. The van der Waals surface area contributed by atoms with Gasteiger partial charge < -0.3 is 18.3 Å². The maximum atomic E-state index is 10.5. The summed E-state index contributed by atoms with van der Waals surface area (Å²) in [5.41, 5.74) is 13.2. The van der Waals surface area contributed by atoms with E-state index >= 15 is 0 Å². The van der Waals surface area contributed by atoms with E-state index in [-0.39, 0.29) is 17.1 Å². The molecule has 0 radical (unpaired) electrons.